The second-order valence-electron chi connectivity index (χ2n) is 3.92. The SMILES string of the molecule is CC(C)S(=N)C1CCN(C)CC1. The highest BCUT2D eigenvalue weighted by molar-refractivity contribution is 7.87. The molecule has 1 aliphatic rings. The van der Waals surface area contributed by atoms with Crippen LogP contribution < -0.4 is 0 Å². The summed E-state index contributed by atoms with van der Waals surface area (Å²) in [5.41, 5.74) is 0. The predicted molar refractivity (Wildman–Crippen MR) is 55.7 cm³/mol. The van der Waals surface area contributed by atoms with Crippen LogP contribution in [-0.2, 0) is 10.7 Å². The van der Waals surface area contributed by atoms with E-state index in [0.29, 0.717) is 10.5 Å². The molecule has 0 aliphatic carbocycles. The van der Waals surface area contributed by atoms with Gasteiger partial charge in [-0.05, 0) is 33.0 Å². The molecule has 1 rings (SSSR count). The first-order valence-electron chi connectivity index (χ1n) is 4.73. The van der Waals surface area contributed by atoms with Crippen LogP contribution >= 0.6 is 0 Å². The van der Waals surface area contributed by atoms with E-state index in [0.717, 1.165) is 0 Å². The van der Waals surface area contributed by atoms with E-state index in [-0.39, 0.29) is 10.7 Å². The maximum Gasteiger partial charge on any atom is 0.0179 e. The first-order valence-corrected chi connectivity index (χ1v) is 6.08. The topological polar surface area (TPSA) is 27.1 Å². The molecule has 3 heteroatoms. The van der Waals surface area contributed by atoms with Gasteiger partial charge < -0.3 is 4.90 Å². The molecule has 0 saturated carbocycles. The fourth-order valence-corrected chi connectivity index (χ4v) is 3.11. The molecule has 1 aliphatic heterocycles. The molecule has 0 aromatic heterocycles. The number of nitrogens with zero attached hydrogens (tertiary/aromatic N) is 1. The maximum absolute atomic E-state index is 8.00. The van der Waals surface area contributed by atoms with Crippen molar-refractivity contribution in [3.63, 3.8) is 0 Å². The van der Waals surface area contributed by atoms with Crippen LogP contribution in [-0.4, -0.2) is 35.5 Å². The fraction of sp³-hybridized carbons (Fsp3) is 1.00. The Morgan fingerprint density at radius 1 is 1.33 bits per heavy atom. The standard InChI is InChI=1S/C9H20N2S/c1-8(2)12(10)9-4-6-11(3)7-5-9/h8-10H,4-7H2,1-3H3. The molecule has 1 N–H and O–H groups in total. The Balaban J connectivity index is 2.39. The molecule has 1 unspecified atom stereocenters. The zero-order valence-electron chi connectivity index (χ0n) is 8.34. The summed E-state index contributed by atoms with van der Waals surface area (Å²) in [5, 5.41) is 1.24. The highest BCUT2D eigenvalue weighted by Crippen LogP contribution is 2.17. The molecule has 1 fully saturated rings. The van der Waals surface area contributed by atoms with Gasteiger partial charge in [-0.15, -0.1) is 0 Å². The van der Waals surface area contributed by atoms with Gasteiger partial charge in [-0.3, -0.25) is 4.78 Å². The average Bonchev–Trinajstić information content (AvgIpc) is 2.04. The summed E-state index contributed by atoms with van der Waals surface area (Å²) in [6, 6.07) is 0. The zero-order valence-corrected chi connectivity index (χ0v) is 9.16. The maximum atomic E-state index is 8.00. The minimum Gasteiger partial charge on any atom is -0.306 e. The minimum absolute atomic E-state index is 0.0998. The lowest BCUT2D eigenvalue weighted by atomic mass is 10.1. The largest absolute Gasteiger partial charge is 0.306 e. The molecular weight excluding hydrogens is 168 g/mol. The van der Waals surface area contributed by atoms with E-state index in [1.165, 1.54) is 25.9 Å². The molecule has 12 heavy (non-hydrogen) atoms. The third-order valence-electron chi connectivity index (χ3n) is 2.53. The van der Waals surface area contributed by atoms with Gasteiger partial charge in [0.2, 0.25) is 0 Å². The van der Waals surface area contributed by atoms with Crippen molar-refractivity contribution in [2.45, 2.75) is 37.2 Å². The highest BCUT2D eigenvalue weighted by Gasteiger charge is 2.20. The van der Waals surface area contributed by atoms with Crippen molar-refractivity contribution in [3.05, 3.63) is 0 Å². The molecule has 1 heterocycles. The van der Waals surface area contributed by atoms with E-state index in [1.807, 2.05) is 0 Å². The van der Waals surface area contributed by atoms with E-state index in [1.54, 1.807) is 0 Å². The molecule has 1 atom stereocenters. The summed E-state index contributed by atoms with van der Waals surface area (Å²) in [5.74, 6) is 0. The van der Waals surface area contributed by atoms with Crippen molar-refractivity contribution in [1.29, 1.82) is 4.78 Å². The number of nitrogens with one attached hydrogen (secondary N) is 1. The van der Waals surface area contributed by atoms with Gasteiger partial charge in [0.25, 0.3) is 0 Å². The van der Waals surface area contributed by atoms with Crippen LogP contribution in [0.5, 0.6) is 0 Å². The molecule has 0 amide bonds. The molecular formula is C9H20N2S. The molecule has 72 valence electrons. The van der Waals surface area contributed by atoms with E-state index in [2.05, 4.69) is 25.8 Å². The molecule has 0 radical (unpaired) electrons. The molecule has 0 spiro atoms. The Kier molecular flexibility index (Phi) is 3.72. The summed E-state index contributed by atoms with van der Waals surface area (Å²) in [4.78, 5) is 2.37. The number of piperidine rings is 1. The van der Waals surface area contributed by atoms with Crippen molar-refractivity contribution in [3.8, 4) is 0 Å². The number of hydrogen-bond donors (Lipinski definition) is 1. The van der Waals surface area contributed by atoms with Crippen molar-refractivity contribution in [2.75, 3.05) is 20.1 Å². The number of rotatable bonds is 2. The summed E-state index contributed by atoms with van der Waals surface area (Å²) in [6.07, 6.45) is 2.47. The highest BCUT2D eigenvalue weighted by atomic mass is 32.2. The summed E-state index contributed by atoms with van der Waals surface area (Å²) in [6.45, 7) is 6.74. The normalized spacial score (nSPS) is 24.7. The lowest BCUT2D eigenvalue weighted by Gasteiger charge is -2.31. The molecule has 0 aromatic carbocycles. The lowest BCUT2D eigenvalue weighted by Crippen LogP contribution is -2.36. The Morgan fingerprint density at radius 3 is 2.25 bits per heavy atom. The predicted octanol–water partition coefficient (Wildman–Crippen LogP) is 1.87. The van der Waals surface area contributed by atoms with Crippen molar-refractivity contribution < 1.29 is 0 Å². The Morgan fingerprint density at radius 2 is 1.83 bits per heavy atom. The van der Waals surface area contributed by atoms with Gasteiger partial charge >= 0.3 is 0 Å². The van der Waals surface area contributed by atoms with Gasteiger partial charge in [0.05, 0.1) is 0 Å². The van der Waals surface area contributed by atoms with Crippen LogP contribution in [0, 0.1) is 4.78 Å². The van der Waals surface area contributed by atoms with Crippen molar-refractivity contribution in [2.24, 2.45) is 0 Å². The summed E-state index contributed by atoms with van der Waals surface area (Å²) < 4.78 is 8.00. The number of likely N-dealkylation sites (tertiary alicyclic amines) is 1. The third kappa shape index (κ3) is 2.56. The minimum atomic E-state index is -0.0998. The molecule has 1 saturated heterocycles. The van der Waals surface area contributed by atoms with Crippen LogP contribution in [0.1, 0.15) is 26.7 Å². The van der Waals surface area contributed by atoms with Crippen LogP contribution in [0.3, 0.4) is 0 Å². The van der Waals surface area contributed by atoms with E-state index in [9.17, 15) is 0 Å². The number of hydrogen-bond acceptors (Lipinski definition) is 2. The monoisotopic (exact) mass is 188 g/mol. The first-order chi connectivity index (χ1) is 5.61. The Bertz CT molecular complexity index is 160. The van der Waals surface area contributed by atoms with E-state index < -0.39 is 0 Å². The quantitative estimate of drug-likeness (QED) is 0.704. The van der Waals surface area contributed by atoms with Gasteiger partial charge in [0, 0.05) is 10.5 Å². The van der Waals surface area contributed by atoms with Crippen LogP contribution in [0.2, 0.25) is 0 Å². The van der Waals surface area contributed by atoms with Gasteiger partial charge in [-0.1, -0.05) is 24.5 Å². The average molecular weight is 188 g/mol. The molecule has 0 aromatic rings. The second kappa shape index (κ2) is 4.38. The summed E-state index contributed by atoms with van der Waals surface area (Å²) >= 11 is 0. The van der Waals surface area contributed by atoms with Crippen molar-refractivity contribution >= 4 is 10.7 Å². The molecule has 2 nitrogen and oxygen atoms in total. The van der Waals surface area contributed by atoms with E-state index >= 15 is 0 Å². The summed E-state index contributed by atoms with van der Waals surface area (Å²) in [7, 11) is 2.07. The van der Waals surface area contributed by atoms with Gasteiger partial charge in [-0.2, -0.15) is 0 Å². The van der Waals surface area contributed by atoms with Crippen LogP contribution in [0.25, 0.3) is 0 Å². The fourth-order valence-electron chi connectivity index (χ4n) is 1.62. The van der Waals surface area contributed by atoms with E-state index in [4.69, 9.17) is 4.78 Å². The second-order valence-corrected chi connectivity index (χ2v) is 6.28. The van der Waals surface area contributed by atoms with Gasteiger partial charge in [0.15, 0.2) is 0 Å². The van der Waals surface area contributed by atoms with Crippen molar-refractivity contribution in [1.82, 2.24) is 4.90 Å². The lowest BCUT2D eigenvalue weighted by molar-refractivity contribution is 0.281. The smallest absolute Gasteiger partial charge is 0.0179 e. The molecule has 0 bridgehead atoms. The Hall–Kier alpha value is 0.110. The van der Waals surface area contributed by atoms with Crippen LogP contribution in [0.4, 0.5) is 0 Å². The van der Waals surface area contributed by atoms with Gasteiger partial charge in [-0.25, -0.2) is 0 Å². The first kappa shape index (κ1) is 10.2. The Labute approximate surface area is 78.2 Å². The van der Waals surface area contributed by atoms with Gasteiger partial charge in [0.1, 0.15) is 0 Å². The third-order valence-corrected chi connectivity index (χ3v) is 4.74. The van der Waals surface area contributed by atoms with Crippen LogP contribution in [0.15, 0.2) is 0 Å². The zero-order chi connectivity index (χ0) is 9.14.